The number of aromatic hydroxyl groups is 1. The molecule has 5 heteroatoms. The molecule has 0 aliphatic heterocycles. The number of hydrogen-bond donors (Lipinski definition) is 1. The predicted molar refractivity (Wildman–Crippen MR) is 104 cm³/mol. The smallest absolute Gasteiger partial charge is 0.314 e. The maximum atomic E-state index is 13.0. The zero-order valence-corrected chi connectivity index (χ0v) is 15.3. The lowest BCUT2D eigenvalue weighted by atomic mass is 9.83. The third kappa shape index (κ3) is 2.74. The first kappa shape index (κ1) is 17.4. The van der Waals surface area contributed by atoms with E-state index in [9.17, 15) is 19.5 Å². The van der Waals surface area contributed by atoms with Gasteiger partial charge in [-0.2, -0.15) is 0 Å². The molecule has 1 N–H and O–H groups in total. The highest BCUT2D eigenvalue weighted by Gasteiger charge is 2.46. The van der Waals surface area contributed by atoms with Gasteiger partial charge in [-0.1, -0.05) is 54.6 Å². The Kier molecular flexibility index (Phi) is 3.84. The van der Waals surface area contributed by atoms with Crippen LogP contribution in [-0.2, 0) is 4.79 Å². The van der Waals surface area contributed by atoms with E-state index in [0.29, 0.717) is 6.42 Å². The van der Waals surface area contributed by atoms with Gasteiger partial charge in [0, 0.05) is 11.1 Å². The molecule has 1 saturated carbocycles. The number of benzene rings is 3. The van der Waals surface area contributed by atoms with Crippen LogP contribution in [0.3, 0.4) is 0 Å². The number of carbonyl (C=O) groups excluding carboxylic acids is 3. The van der Waals surface area contributed by atoms with Crippen molar-refractivity contribution in [3.8, 4) is 11.5 Å². The lowest BCUT2D eigenvalue weighted by Crippen LogP contribution is -2.23. The van der Waals surface area contributed by atoms with E-state index in [-0.39, 0.29) is 45.6 Å². The molecule has 5 rings (SSSR count). The molecule has 2 aliphatic rings. The molecule has 0 radical (unpaired) electrons. The highest BCUT2D eigenvalue weighted by Crippen LogP contribution is 2.48. The minimum absolute atomic E-state index is 0.00867. The molecule has 3 aromatic rings. The topological polar surface area (TPSA) is 80.7 Å². The molecule has 29 heavy (non-hydrogen) atoms. The van der Waals surface area contributed by atoms with Gasteiger partial charge in [-0.25, -0.2) is 0 Å². The third-order valence-electron chi connectivity index (χ3n) is 5.55. The van der Waals surface area contributed by atoms with E-state index in [4.69, 9.17) is 4.74 Å². The number of phenolic OH excluding ortho intramolecular Hbond substituents is 1. The minimum atomic E-state index is -0.459. The Morgan fingerprint density at radius 3 is 2.14 bits per heavy atom. The molecule has 2 aliphatic carbocycles. The van der Waals surface area contributed by atoms with Gasteiger partial charge < -0.3 is 9.84 Å². The molecule has 0 unspecified atom stereocenters. The average Bonchev–Trinajstić information content (AvgIpc) is 3.55. The molecule has 0 heterocycles. The van der Waals surface area contributed by atoms with E-state index < -0.39 is 17.5 Å². The monoisotopic (exact) mass is 384 g/mol. The first-order valence-electron chi connectivity index (χ1n) is 9.37. The van der Waals surface area contributed by atoms with Crippen molar-refractivity contribution in [3.05, 3.63) is 94.5 Å². The van der Waals surface area contributed by atoms with Crippen LogP contribution < -0.4 is 4.74 Å². The number of carbonyl (C=O) groups is 3. The van der Waals surface area contributed by atoms with Crippen LogP contribution in [0, 0.1) is 5.92 Å². The van der Waals surface area contributed by atoms with Gasteiger partial charge in [-0.3, -0.25) is 14.4 Å². The van der Waals surface area contributed by atoms with Crippen molar-refractivity contribution in [3.63, 3.8) is 0 Å². The Balaban J connectivity index is 1.48. The highest BCUT2D eigenvalue weighted by atomic mass is 16.5. The number of rotatable bonds is 3. The van der Waals surface area contributed by atoms with Gasteiger partial charge >= 0.3 is 5.97 Å². The molecule has 142 valence electrons. The summed E-state index contributed by atoms with van der Waals surface area (Å²) in [6.45, 7) is 0. The predicted octanol–water partition coefficient (Wildman–Crippen LogP) is 3.88. The summed E-state index contributed by atoms with van der Waals surface area (Å²) in [6.07, 6.45) is 0.679. The second-order valence-electron chi connectivity index (χ2n) is 7.32. The van der Waals surface area contributed by atoms with Crippen molar-refractivity contribution in [2.45, 2.75) is 12.3 Å². The number of esters is 1. The minimum Gasteiger partial charge on any atom is -0.507 e. The van der Waals surface area contributed by atoms with Crippen LogP contribution in [0.1, 0.15) is 49.7 Å². The molecule has 3 aromatic carbocycles. The molecular weight excluding hydrogens is 368 g/mol. The van der Waals surface area contributed by atoms with Crippen molar-refractivity contribution in [1.82, 2.24) is 0 Å². The number of ether oxygens (including phenoxy) is 1. The van der Waals surface area contributed by atoms with Gasteiger partial charge in [-0.15, -0.1) is 0 Å². The number of ketones is 2. The van der Waals surface area contributed by atoms with E-state index in [1.165, 1.54) is 12.1 Å². The largest absolute Gasteiger partial charge is 0.507 e. The molecule has 1 fully saturated rings. The van der Waals surface area contributed by atoms with Crippen LogP contribution in [-0.4, -0.2) is 22.6 Å². The summed E-state index contributed by atoms with van der Waals surface area (Å²) < 4.78 is 5.55. The molecule has 5 nitrogen and oxygen atoms in total. The van der Waals surface area contributed by atoms with Crippen LogP contribution in [0.4, 0.5) is 0 Å². The van der Waals surface area contributed by atoms with Crippen molar-refractivity contribution in [2.24, 2.45) is 5.92 Å². The quantitative estimate of drug-likeness (QED) is 0.428. The van der Waals surface area contributed by atoms with E-state index in [1.54, 1.807) is 24.3 Å². The Labute approximate surface area is 166 Å². The van der Waals surface area contributed by atoms with Crippen LogP contribution >= 0.6 is 0 Å². The standard InChI is InChI=1S/C24H16O5/c25-18-10-11-19(29-24(28)17-12-16(17)13-6-2-1-3-7-13)21-20(18)22(26)14-8-4-5-9-15(14)23(21)27/h1-11,16-17,25H,12H2/t16-,17-/m1/s1. The van der Waals surface area contributed by atoms with Crippen molar-refractivity contribution in [1.29, 1.82) is 0 Å². The van der Waals surface area contributed by atoms with E-state index in [0.717, 1.165) is 5.56 Å². The van der Waals surface area contributed by atoms with Crippen LogP contribution in [0.15, 0.2) is 66.7 Å². The fourth-order valence-corrected chi connectivity index (χ4v) is 3.97. The SMILES string of the molecule is O=C1c2ccccc2C(=O)c2c(OC(=O)[C@@H]3C[C@@H]3c3ccccc3)ccc(O)c21. The number of hydrogen-bond acceptors (Lipinski definition) is 5. The number of fused-ring (bicyclic) bond motifs is 2. The van der Waals surface area contributed by atoms with Crippen molar-refractivity contribution < 1.29 is 24.2 Å². The Bertz CT molecular complexity index is 1180. The summed E-state index contributed by atoms with van der Waals surface area (Å²) in [7, 11) is 0. The molecular formula is C24H16O5. The Morgan fingerprint density at radius 1 is 0.828 bits per heavy atom. The second-order valence-corrected chi connectivity index (χ2v) is 7.32. The number of phenols is 1. The van der Waals surface area contributed by atoms with Crippen LogP contribution in [0.2, 0.25) is 0 Å². The lowest BCUT2D eigenvalue weighted by molar-refractivity contribution is -0.135. The highest BCUT2D eigenvalue weighted by molar-refractivity contribution is 6.30. The van der Waals surface area contributed by atoms with Gasteiger partial charge in [0.2, 0.25) is 0 Å². The van der Waals surface area contributed by atoms with Gasteiger partial charge in [0.1, 0.15) is 11.5 Å². The third-order valence-corrected chi connectivity index (χ3v) is 5.55. The summed E-state index contributed by atoms with van der Waals surface area (Å²) in [5.74, 6) is -1.83. The first-order valence-corrected chi connectivity index (χ1v) is 9.37. The maximum absolute atomic E-state index is 13.0. The normalized spacial score (nSPS) is 19.3. The summed E-state index contributed by atoms with van der Waals surface area (Å²) in [5, 5.41) is 10.2. The second kappa shape index (κ2) is 6.41. The van der Waals surface area contributed by atoms with Gasteiger partial charge in [0.05, 0.1) is 17.0 Å². The average molecular weight is 384 g/mol. The Hall–Kier alpha value is -3.73. The molecule has 0 spiro atoms. The van der Waals surface area contributed by atoms with Crippen LogP contribution in [0.5, 0.6) is 11.5 Å². The van der Waals surface area contributed by atoms with Gasteiger partial charge in [-0.05, 0) is 30.0 Å². The van der Waals surface area contributed by atoms with E-state index >= 15 is 0 Å². The summed E-state index contributed by atoms with van der Waals surface area (Å²) in [6, 6.07) is 18.8. The van der Waals surface area contributed by atoms with Gasteiger partial charge in [0.25, 0.3) is 0 Å². The zero-order chi connectivity index (χ0) is 20.1. The van der Waals surface area contributed by atoms with E-state index in [1.807, 2.05) is 30.3 Å². The zero-order valence-electron chi connectivity index (χ0n) is 15.3. The first-order chi connectivity index (χ1) is 14.1. The van der Waals surface area contributed by atoms with E-state index in [2.05, 4.69) is 0 Å². The van der Waals surface area contributed by atoms with Gasteiger partial charge in [0.15, 0.2) is 11.6 Å². The lowest BCUT2D eigenvalue weighted by Gasteiger charge is -2.20. The summed E-state index contributed by atoms with van der Waals surface area (Å²) >= 11 is 0. The molecule has 0 aromatic heterocycles. The fraction of sp³-hybridized carbons (Fsp3) is 0.125. The Morgan fingerprint density at radius 2 is 1.45 bits per heavy atom. The van der Waals surface area contributed by atoms with Crippen molar-refractivity contribution >= 4 is 17.5 Å². The summed E-state index contributed by atoms with van der Waals surface area (Å²) in [5.41, 5.74) is 1.37. The van der Waals surface area contributed by atoms with Crippen molar-refractivity contribution in [2.75, 3.05) is 0 Å². The maximum Gasteiger partial charge on any atom is 0.314 e. The summed E-state index contributed by atoms with van der Waals surface area (Å²) in [4.78, 5) is 38.5. The fourth-order valence-electron chi connectivity index (χ4n) is 3.97. The molecule has 0 saturated heterocycles. The molecule has 0 amide bonds. The van der Waals surface area contributed by atoms with Crippen LogP contribution in [0.25, 0.3) is 0 Å². The molecule has 2 atom stereocenters. The molecule has 0 bridgehead atoms.